The number of fused-ring (bicyclic) bond motifs is 1. The van der Waals surface area contributed by atoms with Crippen molar-refractivity contribution in [2.45, 2.75) is 6.54 Å². The molecular formula is C17H16FN3. The van der Waals surface area contributed by atoms with Gasteiger partial charge in [0.05, 0.1) is 11.2 Å². The Kier molecular flexibility index (Phi) is 3.44. The van der Waals surface area contributed by atoms with Gasteiger partial charge in [0.25, 0.3) is 0 Å². The van der Waals surface area contributed by atoms with Gasteiger partial charge in [0.15, 0.2) is 0 Å². The number of halogens is 1. The highest BCUT2D eigenvalue weighted by Crippen LogP contribution is 2.25. The first-order chi connectivity index (χ1) is 10.2. The van der Waals surface area contributed by atoms with Gasteiger partial charge in [-0.1, -0.05) is 18.2 Å². The summed E-state index contributed by atoms with van der Waals surface area (Å²) in [5.74, 6) is -0.229. The van der Waals surface area contributed by atoms with Crippen LogP contribution in [-0.2, 0) is 6.54 Å². The lowest BCUT2D eigenvalue weighted by atomic mass is 10.1. The van der Waals surface area contributed by atoms with Crippen molar-refractivity contribution >= 4 is 22.3 Å². The summed E-state index contributed by atoms with van der Waals surface area (Å²) in [6.07, 6.45) is 1.74. The van der Waals surface area contributed by atoms with E-state index in [9.17, 15) is 4.39 Å². The highest BCUT2D eigenvalue weighted by atomic mass is 19.1. The van der Waals surface area contributed by atoms with Gasteiger partial charge < -0.3 is 10.6 Å². The second-order valence-corrected chi connectivity index (χ2v) is 5.02. The lowest BCUT2D eigenvalue weighted by Crippen LogP contribution is -2.18. The van der Waals surface area contributed by atoms with Gasteiger partial charge in [-0.2, -0.15) is 0 Å². The van der Waals surface area contributed by atoms with Crippen molar-refractivity contribution in [1.82, 2.24) is 4.98 Å². The van der Waals surface area contributed by atoms with Crippen molar-refractivity contribution in [3.8, 4) is 0 Å². The highest BCUT2D eigenvalue weighted by molar-refractivity contribution is 5.92. The third-order valence-corrected chi connectivity index (χ3v) is 3.56. The number of aromatic nitrogens is 1. The van der Waals surface area contributed by atoms with Crippen molar-refractivity contribution in [3.05, 3.63) is 66.1 Å². The number of hydrogen-bond donors (Lipinski definition) is 1. The van der Waals surface area contributed by atoms with Gasteiger partial charge >= 0.3 is 0 Å². The maximum Gasteiger partial charge on any atom is 0.146 e. The minimum absolute atomic E-state index is 0.229. The van der Waals surface area contributed by atoms with Gasteiger partial charge in [-0.15, -0.1) is 0 Å². The fourth-order valence-electron chi connectivity index (χ4n) is 2.48. The molecule has 21 heavy (non-hydrogen) atoms. The molecule has 0 spiro atoms. The molecule has 3 rings (SSSR count). The molecule has 2 N–H and O–H groups in total. The lowest BCUT2D eigenvalue weighted by molar-refractivity contribution is 0.622. The van der Waals surface area contributed by atoms with E-state index in [1.54, 1.807) is 18.3 Å². The van der Waals surface area contributed by atoms with Crippen LogP contribution < -0.4 is 10.6 Å². The summed E-state index contributed by atoms with van der Waals surface area (Å²) in [5.41, 5.74) is 9.13. The van der Waals surface area contributed by atoms with Gasteiger partial charge in [-0.05, 0) is 35.9 Å². The van der Waals surface area contributed by atoms with Crippen LogP contribution in [0.4, 0.5) is 15.8 Å². The third kappa shape index (κ3) is 2.52. The van der Waals surface area contributed by atoms with E-state index >= 15 is 0 Å². The molecular weight excluding hydrogens is 265 g/mol. The second-order valence-electron chi connectivity index (χ2n) is 5.02. The van der Waals surface area contributed by atoms with Crippen molar-refractivity contribution in [2.75, 3.05) is 17.7 Å². The molecule has 2 aromatic carbocycles. The van der Waals surface area contributed by atoms with Crippen LogP contribution in [0.1, 0.15) is 5.56 Å². The summed E-state index contributed by atoms with van der Waals surface area (Å²) in [4.78, 5) is 6.28. The minimum Gasteiger partial charge on any atom is -0.398 e. The number of hydrogen-bond acceptors (Lipinski definition) is 3. The largest absolute Gasteiger partial charge is 0.398 e. The molecule has 0 fully saturated rings. The van der Waals surface area contributed by atoms with Gasteiger partial charge in [-0.25, -0.2) is 4.39 Å². The topological polar surface area (TPSA) is 42.1 Å². The zero-order valence-corrected chi connectivity index (χ0v) is 11.8. The summed E-state index contributed by atoms with van der Waals surface area (Å²) in [6.45, 7) is 0.564. The molecule has 0 aliphatic rings. The molecule has 1 aromatic heterocycles. The van der Waals surface area contributed by atoms with Crippen LogP contribution in [0.15, 0.2) is 54.7 Å². The lowest BCUT2D eigenvalue weighted by Gasteiger charge is -2.20. The van der Waals surface area contributed by atoms with Crippen LogP contribution in [0.3, 0.4) is 0 Å². The number of rotatable bonds is 3. The zero-order valence-electron chi connectivity index (χ0n) is 11.8. The third-order valence-electron chi connectivity index (χ3n) is 3.56. The molecule has 1 heterocycles. The summed E-state index contributed by atoms with van der Waals surface area (Å²) in [6, 6.07) is 14.4. The Morgan fingerprint density at radius 3 is 2.71 bits per heavy atom. The van der Waals surface area contributed by atoms with Crippen LogP contribution in [0.2, 0.25) is 0 Å². The van der Waals surface area contributed by atoms with Gasteiger partial charge in [0.1, 0.15) is 5.82 Å². The normalized spacial score (nSPS) is 10.8. The standard InChI is InChI=1S/C17H16FN3/c1-21(16-7-3-2-6-14(16)18)11-12-8-9-15(19)13-5-4-10-20-17(12)13/h2-10H,11,19H2,1H3. The molecule has 0 aliphatic carbocycles. The molecule has 0 saturated heterocycles. The first-order valence-electron chi connectivity index (χ1n) is 6.74. The Morgan fingerprint density at radius 2 is 1.90 bits per heavy atom. The monoisotopic (exact) mass is 281 g/mol. The van der Waals surface area contributed by atoms with E-state index in [-0.39, 0.29) is 5.82 Å². The molecule has 0 amide bonds. The first-order valence-corrected chi connectivity index (χ1v) is 6.74. The average molecular weight is 281 g/mol. The maximum atomic E-state index is 13.8. The number of nitrogens with two attached hydrogens (primary N) is 1. The average Bonchev–Trinajstić information content (AvgIpc) is 2.51. The molecule has 0 radical (unpaired) electrons. The van der Waals surface area contributed by atoms with Crippen molar-refractivity contribution < 1.29 is 4.39 Å². The molecule has 106 valence electrons. The number of nitrogens with zero attached hydrogens (tertiary/aromatic N) is 2. The molecule has 0 atom stereocenters. The predicted molar refractivity (Wildman–Crippen MR) is 84.7 cm³/mol. The minimum atomic E-state index is -0.229. The van der Waals surface area contributed by atoms with Gasteiger partial charge in [0, 0.05) is 30.9 Å². The Hall–Kier alpha value is -2.62. The van der Waals surface area contributed by atoms with E-state index in [2.05, 4.69) is 4.98 Å². The van der Waals surface area contributed by atoms with E-state index in [1.807, 2.05) is 42.3 Å². The van der Waals surface area contributed by atoms with Crippen LogP contribution in [0.5, 0.6) is 0 Å². The van der Waals surface area contributed by atoms with E-state index in [0.29, 0.717) is 17.9 Å². The van der Waals surface area contributed by atoms with Crippen molar-refractivity contribution in [1.29, 1.82) is 0 Å². The van der Waals surface area contributed by atoms with Crippen LogP contribution in [-0.4, -0.2) is 12.0 Å². The fourth-order valence-corrected chi connectivity index (χ4v) is 2.48. The molecule has 3 nitrogen and oxygen atoms in total. The fraction of sp³-hybridized carbons (Fsp3) is 0.118. The Labute approximate surface area is 122 Å². The number of pyridine rings is 1. The van der Waals surface area contributed by atoms with Crippen molar-refractivity contribution in [2.24, 2.45) is 0 Å². The maximum absolute atomic E-state index is 13.8. The van der Waals surface area contributed by atoms with E-state index < -0.39 is 0 Å². The summed E-state index contributed by atoms with van der Waals surface area (Å²) >= 11 is 0. The Balaban J connectivity index is 1.99. The Bertz CT molecular complexity index is 786. The number of benzene rings is 2. The molecule has 0 aliphatic heterocycles. The van der Waals surface area contributed by atoms with Crippen LogP contribution in [0.25, 0.3) is 10.9 Å². The summed E-state index contributed by atoms with van der Waals surface area (Å²) in [7, 11) is 1.86. The first kappa shape index (κ1) is 13.4. The molecule has 0 saturated carbocycles. The smallest absolute Gasteiger partial charge is 0.146 e. The number of anilines is 2. The number of nitrogen functional groups attached to an aromatic ring is 1. The van der Waals surface area contributed by atoms with E-state index in [4.69, 9.17) is 5.73 Å². The Morgan fingerprint density at radius 1 is 1.10 bits per heavy atom. The van der Waals surface area contributed by atoms with Crippen LogP contribution in [0, 0.1) is 5.82 Å². The van der Waals surface area contributed by atoms with Crippen LogP contribution >= 0.6 is 0 Å². The van der Waals surface area contributed by atoms with E-state index in [1.165, 1.54) is 6.07 Å². The molecule has 0 bridgehead atoms. The number of para-hydroxylation sites is 1. The molecule has 0 unspecified atom stereocenters. The summed E-state index contributed by atoms with van der Waals surface area (Å²) in [5, 5.41) is 0.928. The van der Waals surface area contributed by atoms with Crippen molar-refractivity contribution in [3.63, 3.8) is 0 Å². The second kappa shape index (κ2) is 5.40. The molecule has 4 heteroatoms. The summed E-state index contributed by atoms with van der Waals surface area (Å²) < 4.78 is 13.8. The highest BCUT2D eigenvalue weighted by Gasteiger charge is 2.10. The SMILES string of the molecule is CN(Cc1ccc(N)c2cccnc12)c1ccccc1F. The van der Waals surface area contributed by atoms with Gasteiger partial charge in [0.2, 0.25) is 0 Å². The predicted octanol–water partition coefficient (Wildman–Crippen LogP) is 3.59. The zero-order chi connectivity index (χ0) is 14.8. The van der Waals surface area contributed by atoms with Gasteiger partial charge in [-0.3, -0.25) is 4.98 Å². The quantitative estimate of drug-likeness (QED) is 0.746. The van der Waals surface area contributed by atoms with E-state index in [0.717, 1.165) is 16.5 Å². The molecule has 3 aromatic rings.